The summed E-state index contributed by atoms with van der Waals surface area (Å²) in [7, 11) is 0. The molecule has 0 saturated carbocycles. The van der Waals surface area contributed by atoms with E-state index in [-0.39, 0.29) is 24.6 Å². The molecule has 0 spiro atoms. The monoisotopic (exact) mass is 398 g/mol. The quantitative estimate of drug-likeness (QED) is 0.493. The molecule has 0 aliphatic carbocycles. The van der Waals surface area contributed by atoms with Gasteiger partial charge in [0.25, 0.3) is 0 Å². The molecule has 4 nitrogen and oxygen atoms in total. The van der Waals surface area contributed by atoms with Gasteiger partial charge in [-0.15, -0.1) is 13.2 Å². The van der Waals surface area contributed by atoms with Crippen molar-refractivity contribution in [3.8, 4) is 5.75 Å². The number of nitrogens with one attached hydrogen (secondary N) is 2. The van der Waals surface area contributed by atoms with Crippen LogP contribution < -0.4 is 10.1 Å². The predicted molar refractivity (Wildman–Crippen MR) is 104 cm³/mol. The minimum absolute atomic E-state index is 0.114. The van der Waals surface area contributed by atoms with Crippen LogP contribution >= 0.6 is 0 Å². The van der Waals surface area contributed by atoms with Crippen molar-refractivity contribution < 1.29 is 22.7 Å². The number of halogens is 3. The summed E-state index contributed by atoms with van der Waals surface area (Å²) < 4.78 is 40.8. The Hall–Kier alpha value is -3.48. The SMILES string of the molecule is O=C(Cc1ccc2c(c1)[nH]c1ccccc12)NCc1cccc(OC(F)(F)F)c1. The summed E-state index contributed by atoms with van der Waals surface area (Å²) >= 11 is 0. The van der Waals surface area contributed by atoms with Crippen LogP contribution in [0.15, 0.2) is 66.7 Å². The van der Waals surface area contributed by atoms with Crippen molar-refractivity contribution in [2.75, 3.05) is 0 Å². The summed E-state index contributed by atoms with van der Waals surface area (Å²) in [6.07, 6.45) is -4.58. The van der Waals surface area contributed by atoms with Gasteiger partial charge in [-0.05, 0) is 35.4 Å². The molecule has 0 aliphatic heterocycles. The number of aromatic nitrogens is 1. The number of aromatic amines is 1. The van der Waals surface area contributed by atoms with Gasteiger partial charge in [0, 0.05) is 28.4 Å². The maximum atomic E-state index is 12.3. The zero-order chi connectivity index (χ0) is 20.4. The van der Waals surface area contributed by atoms with Gasteiger partial charge in [0.15, 0.2) is 0 Å². The number of fused-ring (bicyclic) bond motifs is 3. The summed E-state index contributed by atoms with van der Waals surface area (Å²) in [5.41, 5.74) is 3.35. The van der Waals surface area contributed by atoms with Crippen LogP contribution in [0.1, 0.15) is 11.1 Å². The van der Waals surface area contributed by atoms with Gasteiger partial charge >= 0.3 is 6.36 Å². The zero-order valence-corrected chi connectivity index (χ0v) is 15.2. The van der Waals surface area contributed by atoms with Crippen molar-refractivity contribution in [1.29, 1.82) is 0 Å². The van der Waals surface area contributed by atoms with E-state index < -0.39 is 6.36 Å². The van der Waals surface area contributed by atoms with E-state index in [4.69, 9.17) is 0 Å². The number of rotatable bonds is 5. The molecule has 2 N–H and O–H groups in total. The lowest BCUT2D eigenvalue weighted by atomic mass is 10.1. The Labute approximate surface area is 164 Å². The van der Waals surface area contributed by atoms with Crippen LogP contribution in [-0.2, 0) is 17.8 Å². The predicted octanol–water partition coefficient (Wildman–Crippen LogP) is 5.08. The smallest absolute Gasteiger partial charge is 0.406 e. The van der Waals surface area contributed by atoms with Crippen molar-refractivity contribution in [2.45, 2.75) is 19.3 Å². The Morgan fingerprint density at radius 1 is 0.897 bits per heavy atom. The van der Waals surface area contributed by atoms with Gasteiger partial charge in [-0.1, -0.05) is 42.5 Å². The van der Waals surface area contributed by atoms with E-state index in [0.717, 1.165) is 27.4 Å². The topological polar surface area (TPSA) is 54.1 Å². The first-order valence-electron chi connectivity index (χ1n) is 8.98. The highest BCUT2D eigenvalue weighted by molar-refractivity contribution is 6.07. The number of alkyl halides is 3. The van der Waals surface area contributed by atoms with E-state index in [0.29, 0.717) is 5.56 Å². The minimum Gasteiger partial charge on any atom is -0.406 e. The fourth-order valence-corrected chi connectivity index (χ4v) is 3.31. The van der Waals surface area contributed by atoms with Crippen LogP contribution in [0.25, 0.3) is 21.8 Å². The molecule has 0 saturated heterocycles. The van der Waals surface area contributed by atoms with E-state index >= 15 is 0 Å². The molecule has 29 heavy (non-hydrogen) atoms. The first-order chi connectivity index (χ1) is 13.9. The molecule has 0 fully saturated rings. The number of hydrogen-bond acceptors (Lipinski definition) is 2. The Morgan fingerprint density at radius 2 is 1.69 bits per heavy atom. The lowest BCUT2D eigenvalue weighted by molar-refractivity contribution is -0.274. The third-order valence-electron chi connectivity index (χ3n) is 4.56. The van der Waals surface area contributed by atoms with E-state index in [9.17, 15) is 18.0 Å². The average molecular weight is 398 g/mol. The Balaban J connectivity index is 1.41. The Morgan fingerprint density at radius 3 is 2.52 bits per heavy atom. The normalized spacial score (nSPS) is 11.7. The second-order valence-corrected chi connectivity index (χ2v) is 6.70. The molecular formula is C22H17F3N2O2. The summed E-state index contributed by atoms with van der Waals surface area (Å²) in [5.74, 6) is -0.531. The van der Waals surface area contributed by atoms with Gasteiger partial charge in [0.05, 0.1) is 6.42 Å². The second-order valence-electron chi connectivity index (χ2n) is 6.70. The van der Waals surface area contributed by atoms with Crippen LogP contribution in [0.5, 0.6) is 5.75 Å². The standard InChI is InChI=1S/C22H17F3N2O2/c23-22(24,25)29-16-5-3-4-15(10-16)13-26-21(28)12-14-8-9-18-17-6-1-2-7-19(17)27-20(18)11-14/h1-11,27H,12-13H2,(H,26,28). The molecule has 0 radical (unpaired) electrons. The number of H-pyrrole nitrogens is 1. The van der Waals surface area contributed by atoms with Crippen LogP contribution in [0.3, 0.4) is 0 Å². The number of carbonyl (C=O) groups is 1. The summed E-state index contributed by atoms with van der Waals surface area (Å²) in [4.78, 5) is 15.6. The van der Waals surface area contributed by atoms with Gasteiger partial charge in [-0.2, -0.15) is 0 Å². The molecule has 7 heteroatoms. The summed E-state index contributed by atoms with van der Waals surface area (Å²) in [6.45, 7) is 0.114. The molecule has 0 unspecified atom stereocenters. The summed E-state index contributed by atoms with van der Waals surface area (Å²) in [5, 5.41) is 4.94. The van der Waals surface area contributed by atoms with Crippen molar-refractivity contribution in [3.63, 3.8) is 0 Å². The first kappa shape index (κ1) is 18.9. The van der Waals surface area contributed by atoms with Crippen LogP contribution in [0, 0.1) is 0 Å². The highest BCUT2D eigenvalue weighted by atomic mass is 19.4. The highest BCUT2D eigenvalue weighted by Crippen LogP contribution is 2.26. The fourth-order valence-electron chi connectivity index (χ4n) is 3.31. The lowest BCUT2D eigenvalue weighted by Crippen LogP contribution is -2.24. The molecule has 3 aromatic carbocycles. The highest BCUT2D eigenvalue weighted by Gasteiger charge is 2.31. The van der Waals surface area contributed by atoms with E-state index in [1.807, 2.05) is 42.5 Å². The zero-order valence-electron chi connectivity index (χ0n) is 15.2. The van der Waals surface area contributed by atoms with Crippen LogP contribution in [0.4, 0.5) is 13.2 Å². The number of benzene rings is 3. The summed E-state index contributed by atoms with van der Waals surface area (Å²) in [6, 6.07) is 19.3. The number of amides is 1. The van der Waals surface area contributed by atoms with Crippen molar-refractivity contribution in [2.24, 2.45) is 0 Å². The molecule has 148 valence electrons. The van der Waals surface area contributed by atoms with Crippen molar-refractivity contribution >= 4 is 27.7 Å². The lowest BCUT2D eigenvalue weighted by Gasteiger charge is -2.10. The number of carbonyl (C=O) groups excluding carboxylic acids is 1. The van der Waals surface area contributed by atoms with E-state index in [1.54, 1.807) is 6.07 Å². The van der Waals surface area contributed by atoms with E-state index in [2.05, 4.69) is 15.0 Å². The van der Waals surface area contributed by atoms with Crippen molar-refractivity contribution in [1.82, 2.24) is 10.3 Å². The molecule has 1 amide bonds. The van der Waals surface area contributed by atoms with Gasteiger partial charge in [0.2, 0.25) is 5.91 Å². The van der Waals surface area contributed by atoms with Crippen LogP contribution in [0.2, 0.25) is 0 Å². The number of hydrogen-bond donors (Lipinski definition) is 2. The molecule has 0 aliphatic rings. The van der Waals surface area contributed by atoms with Gasteiger partial charge < -0.3 is 15.0 Å². The molecule has 4 aromatic rings. The number of ether oxygens (including phenoxy) is 1. The first-order valence-corrected chi connectivity index (χ1v) is 8.98. The molecule has 4 rings (SSSR count). The third kappa shape index (κ3) is 4.51. The van der Waals surface area contributed by atoms with Crippen LogP contribution in [-0.4, -0.2) is 17.3 Å². The Kier molecular flexibility index (Phi) is 4.88. The van der Waals surface area contributed by atoms with Gasteiger partial charge in [0.1, 0.15) is 5.75 Å². The average Bonchev–Trinajstić information content (AvgIpc) is 3.03. The second kappa shape index (κ2) is 7.50. The Bertz CT molecular complexity index is 1180. The minimum atomic E-state index is -4.75. The maximum absolute atomic E-state index is 12.3. The molecular weight excluding hydrogens is 381 g/mol. The molecule has 0 bridgehead atoms. The van der Waals surface area contributed by atoms with Gasteiger partial charge in [-0.3, -0.25) is 4.79 Å². The van der Waals surface area contributed by atoms with Gasteiger partial charge in [-0.25, -0.2) is 0 Å². The van der Waals surface area contributed by atoms with E-state index in [1.165, 1.54) is 18.2 Å². The third-order valence-corrected chi connectivity index (χ3v) is 4.56. The molecule has 1 aromatic heterocycles. The fraction of sp³-hybridized carbons (Fsp3) is 0.136. The number of para-hydroxylation sites is 1. The van der Waals surface area contributed by atoms with Crippen molar-refractivity contribution in [3.05, 3.63) is 77.9 Å². The molecule has 0 atom stereocenters. The molecule has 1 heterocycles. The maximum Gasteiger partial charge on any atom is 0.573 e. The largest absolute Gasteiger partial charge is 0.573 e.